The lowest BCUT2D eigenvalue weighted by molar-refractivity contribution is -0.139. The summed E-state index contributed by atoms with van der Waals surface area (Å²) in [5.41, 5.74) is 0.601. The largest absolute Gasteiger partial charge is 0.497 e. The molecule has 108 valence electrons. The molecule has 0 saturated carbocycles. The van der Waals surface area contributed by atoms with Crippen molar-refractivity contribution in [2.75, 3.05) is 19.1 Å². The lowest BCUT2D eigenvalue weighted by Crippen LogP contribution is -2.46. The summed E-state index contributed by atoms with van der Waals surface area (Å²) in [4.78, 5) is 24.3. The number of carboxylic acids is 1. The molecule has 0 bridgehead atoms. The number of aliphatic carboxylic acids is 1. The number of nitrogens with one attached hydrogen (secondary N) is 1. The van der Waals surface area contributed by atoms with Gasteiger partial charge in [0, 0.05) is 18.8 Å². The van der Waals surface area contributed by atoms with Crippen molar-refractivity contribution >= 4 is 17.7 Å². The van der Waals surface area contributed by atoms with Crippen LogP contribution < -0.4 is 15.0 Å². The van der Waals surface area contributed by atoms with Crippen molar-refractivity contribution in [3.8, 4) is 5.75 Å². The fourth-order valence-electron chi connectivity index (χ4n) is 1.57. The van der Waals surface area contributed by atoms with E-state index in [2.05, 4.69) is 11.9 Å². The Morgan fingerprint density at radius 2 is 2.25 bits per heavy atom. The summed E-state index contributed by atoms with van der Waals surface area (Å²) < 4.78 is 5.08. The van der Waals surface area contributed by atoms with E-state index in [4.69, 9.17) is 9.84 Å². The lowest BCUT2D eigenvalue weighted by Gasteiger charge is -2.21. The average molecular weight is 278 g/mol. The van der Waals surface area contributed by atoms with Crippen LogP contribution in [0.4, 0.5) is 10.5 Å². The highest BCUT2D eigenvalue weighted by Gasteiger charge is 2.21. The van der Waals surface area contributed by atoms with Gasteiger partial charge in [0.2, 0.25) is 0 Å². The zero-order valence-corrected chi connectivity index (χ0v) is 11.5. The van der Waals surface area contributed by atoms with E-state index in [-0.39, 0.29) is 6.42 Å². The molecular weight excluding hydrogens is 260 g/mol. The third kappa shape index (κ3) is 4.01. The number of hydrogen-bond acceptors (Lipinski definition) is 3. The second kappa shape index (κ2) is 7.18. The fourth-order valence-corrected chi connectivity index (χ4v) is 1.57. The van der Waals surface area contributed by atoms with Crippen molar-refractivity contribution in [1.29, 1.82) is 0 Å². The Kier molecular flexibility index (Phi) is 5.58. The quantitative estimate of drug-likeness (QED) is 0.779. The summed E-state index contributed by atoms with van der Waals surface area (Å²) in [6.07, 6.45) is 1.61. The lowest BCUT2D eigenvalue weighted by atomic mass is 10.2. The highest BCUT2D eigenvalue weighted by atomic mass is 16.5. The van der Waals surface area contributed by atoms with Crippen LogP contribution in [-0.2, 0) is 4.79 Å². The minimum absolute atomic E-state index is 0.160. The van der Waals surface area contributed by atoms with Crippen LogP contribution in [0.1, 0.15) is 6.42 Å². The average Bonchev–Trinajstić information content (AvgIpc) is 2.45. The van der Waals surface area contributed by atoms with Gasteiger partial charge in [0.15, 0.2) is 0 Å². The number of carbonyl (C=O) groups excluding carboxylic acids is 1. The van der Waals surface area contributed by atoms with E-state index in [1.54, 1.807) is 31.3 Å². The third-order valence-corrected chi connectivity index (χ3v) is 2.74. The highest BCUT2D eigenvalue weighted by molar-refractivity contribution is 5.94. The summed E-state index contributed by atoms with van der Waals surface area (Å²) in [6, 6.07) is 5.41. The van der Waals surface area contributed by atoms with Gasteiger partial charge in [0.25, 0.3) is 0 Å². The van der Waals surface area contributed by atoms with Crippen molar-refractivity contribution in [2.24, 2.45) is 0 Å². The second-order valence-electron chi connectivity index (χ2n) is 4.13. The Balaban J connectivity index is 2.79. The molecule has 2 amide bonds. The van der Waals surface area contributed by atoms with Gasteiger partial charge in [-0.1, -0.05) is 12.1 Å². The zero-order valence-electron chi connectivity index (χ0n) is 11.5. The first-order valence-electron chi connectivity index (χ1n) is 6.01. The zero-order chi connectivity index (χ0) is 15.1. The molecule has 1 atom stereocenters. The van der Waals surface area contributed by atoms with Crippen molar-refractivity contribution in [3.05, 3.63) is 36.9 Å². The molecule has 1 aromatic carbocycles. The number of hydrogen-bond donors (Lipinski definition) is 2. The molecular formula is C14H18N2O4. The van der Waals surface area contributed by atoms with E-state index in [1.807, 2.05) is 0 Å². The molecule has 2 N–H and O–H groups in total. The Hall–Kier alpha value is -2.50. The maximum Gasteiger partial charge on any atom is 0.326 e. The fraction of sp³-hybridized carbons (Fsp3) is 0.286. The number of carboxylic acid groups (broad SMARTS) is 1. The van der Waals surface area contributed by atoms with E-state index < -0.39 is 18.0 Å². The van der Waals surface area contributed by atoms with Crippen molar-refractivity contribution in [2.45, 2.75) is 12.5 Å². The number of carbonyl (C=O) groups is 2. The first-order chi connectivity index (χ1) is 9.49. The Bertz CT molecular complexity index is 502. The minimum Gasteiger partial charge on any atom is -0.497 e. The van der Waals surface area contributed by atoms with E-state index in [0.29, 0.717) is 11.4 Å². The molecule has 0 fully saturated rings. The van der Waals surface area contributed by atoms with Crippen molar-refractivity contribution in [3.63, 3.8) is 0 Å². The van der Waals surface area contributed by atoms with Gasteiger partial charge in [-0.2, -0.15) is 0 Å². The van der Waals surface area contributed by atoms with Gasteiger partial charge >= 0.3 is 12.0 Å². The SMILES string of the molecule is C=CCC(NC(=O)N(C)c1cccc(OC)c1)C(=O)O. The molecule has 0 heterocycles. The molecule has 1 unspecified atom stereocenters. The maximum atomic E-state index is 12.0. The molecule has 0 aliphatic carbocycles. The molecule has 0 saturated heterocycles. The number of amides is 2. The van der Waals surface area contributed by atoms with Gasteiger partial charge in [-0.05, 0) is 18.6 Å². The Labute approximate surface area is 117 Å². The van der Waals surface area contributed by atoms with Gasteiger partial charge in [-0.25, -0.2) is 9.59 Å². The molecule has 0 radical (unpaired) electrons. The predicted molar refractivity (Wildman–Crippen MR) is 76.2 cm³/mol. The van der Waals surface area contributed by atoms with Crippen molar-refractivity contribution < 1.29 is 19.4 Å². The molecule has 6 heteroatoms. The summed E-state index contributed by atoms with van der Waals surface area (Å²) in [5.74, 6) is -0.486. The second-order valence-corrected chi connectivity index (χ2v) is 4.13. The summed E-state index contributed by atoms with van der Waals surface area (Å²) in [7, 11) is 3.08. The summed E-state index contributed by atoms with van der Waals surface area (Å²) in [6.45, 7) is 3.47. The molecule has 6 nitrogen and oxygen atoms in total. The van der Waals surface area contributed by atoms with E-state index in [1.165, 1.54) is 18.1 Å². The van der Waals surface area contributed by atoms with Crippen LogP contribution in [0.5, 0.6) is 5.75 Å². The number of urea groups is 1. The number of methoxy groups -OCH3 is 1. The first-order valence-corrected chi connectivity index (χ1v) is 6.01. The molecule has 1 aromatic rings. The number of benzene rings is 1. The molecule has 20 heavy (non-hydrogen) atoms. The molecule has 0 spiro atoms. The van der Waals surface area contributed by atoms with Crippen LogP contribution in [0.15, 0.2) is 36.9 Å². The van der Waals surface area contributed by atoms with Crippen LogP contribution in [0.3, 0.4) is 0 Å². The van der Waals surface area contributed by atoms with E-state index in [0.717, 1.165) is 0 Å². The van der Waals surface area contributed by atoms with Gasteiger partial charge in [0.1, 0.15) is 11.8 Å². The van der Waals surface area contributed by atoms with Crippen LogP contribution in [0, 0.1) is 0 Å². The predicted octanol–water partition coefficient (Wildman–Crippen LogP) is 1.87. The Morgan fingerprint density at radius 1 is 1.55 bits per heavy atom. The van der Waals surface area contributed by atoms with Crippen LogP contribution in [0.2, 0.25) is 0 Å². The van der Waals surface area contributed by atoms with Gasteiger partial charge in [0.05, 0.1) is 7.11 Å². The number of rotatable bonds is 6. The summed E-state index contributed by atoms with van der Waals surface area (Å²) in [5, 5.41) is 11.4. The first kappa shape index (κ1) is 15.6. The molecule has 0 aliphatic rings. The Morgan fingerprint density at radius 3 is 2.80 bits per heavy atom. The number of nitrogens with zero attached hydrogens (tertiary/aromatic N) is 1. The molecule has 0 aromatic heterocycles. The minimum atomic E-state index is -1.10. The van der Waals surface area contributed by atoms with Gasteiger partial charge in [-0.3, -0.25) is 4.90 Å². The third-order valence-electron chi connectivity index (χ3n) is 2.74. The highest BCUT2D eigenvalue weighted by Crippen LogP contribution is 2.19. The van der Waals surface area contributed by atoms with Crippen LogP contribution in [0.25, 0.3) is 0 Å². The standard InChI is InChI=1S/C14H18N2O4/c1-4-6-12(13(17)18)15-14(19)16(2)10-7-5-8-11(9-10)20-3/h4-5,7-9,12H,1,6H2,2-3H3,(H,15,19)(H,17,18). The van der Waals surface area contributed by atoms with Crippen LogP contribution in [-0.4, -0.2) is 37.3 Å². The monoisotopic (exact) mass is 278 g/mol. The normalized spacial score (nSPS) is 11.3. The van der Waals surface area contributed by atoms with E-state index >= 15 is 0 Å². The smallest absolute Gasteiger partial charge is 0.326 e. The maximum absolute atomic E-state index is 12.0. The van der Waals surface area contributed by atoms with Gasteiger partial charge in [-0.15, -0.1) is 6.58 Å². The molecule has 1 rings (SSSR count). The summed E-state index contributed by atoms with van der Waals surface area (Å²) >= 11 is 0. The van der Waals surface area contributed by atoms with Crippen LogP contribution >= 0.6 is 0 Å². The van der Waals surface area contributed by atoms with Gasteiger partial charge < -0.3 is 15.2 Å². The topological polar surface area (TPSA) is 78.9 Å². The van der Waals surface area contributed by atoms with Crippen molar-refractivity contribution in [1.82, 2.24) is 5.32 Å². The number of anilines is 1. The number of ether oxygens (including phenoxy) is 1. The molecule has 0 aliphatic heterocycles. The van der Waals surface area contributed by atoms with E-state index in [9.17, 15) is 9.59 Å².